The molecule has 1 aliphatic rings. The largest absolute Gasteiger partial charge is 0.463 e. The molecule has 4 heterocycles. The molecular weight excluding hydrogens is 446 g/mol. The third-order valence-corrected chi connectivity index (χ3v) is 7.05. The molecule has 5 rings (SSSR count). The molecule has 4 aromatic rings. The van der Waals surface area contributed by atoms with Crippen LogP contribution in [-0.2, 0) is 6.42 Å². The Balaban J connectivity index is 1.35. The molecule has 0 spiro atoms. The van der Waals surface area contributed by atoms with Crippen LogP contribution in [0.2, 0.25) is 0 Å². The minimum atomic E-state index is -0.193. The number of pyridine rings is 1. The fraction of sp³-hybridized carbons (Fsp3) is 0.346. The molecule has 0 aliphatic carbocycles. The van der Waals surface area contributed by atoms with Gasteiger partial charge >= 0.3 is 0 Å². The van der Waals surface area contributed by atoms with E-state index >= 15 is 0 Å². The minimum Gasteiger partial charge on any atom is -0.463 e. The van der Waals surface area contributed by atoms with Crippen molar-refractivity contribution in [2.75, 3.05) is 36.5 Å². The Morgan fingerprint density at radius 3 is 2.68 bits per heavy atom. The maximum atomic E-state index is 13.3. The number of hydrogen-bond donors (Lipinski definition) is 1. The highest BCUT2D eigenvalue weighted by Gasteiger charge is 2.19. The van der Waals surface area contributed by atoms with Crippen LogP contribution in [0.4, 0.5) is 5.69 Å². The second kappa shape index (κ2) is 10.0. The molecule has 0 saturated carbocycles. The Morgan fingerprint density at radius 1 is 1.18 bits per heavy atom. The molecular formula is C26H29N5O2S. The first-order chi connectivity index (χ1) is 16.6. The summed E-state index contributed by atoms with van der Waals surface area (Å²) in [4.78, 5) is 20.6. The molecule has 0 unspecified atom stereocenters. The summed E-state index contributed by atoms with van der Waals surface area (Å²) in [5.74, 6) is 2.88. The van der Waals surface area contributed by atoms with Gasteiger partial charge in [0.1, 0.15) is 5.69 Å². The number of carbonyl (C=O) groups excluding carboxylic acids is 1. The van der Waals surface area contributed by atoms with Crippen molar-refractivity contribution in [2.45, 2.75) is 26.3 Å². The molecule has 0 bridgehead atoms. The highest BCUT2D eigenvalue weighted by atomic mass is 32.2. The first-order valence-corrected chi connectivity index (χ1v) is 12.9. The zero-order valence-electron chi connectivity index (χ0n) is 19.5. The van der Waals surface area contributed by atoms with Gasteiger partial charge in [-0.15, -0.1) is 0 Å². The van der Waals surface area contributed by atoms with Crippen LogP contribution in [-0.4, -0.2) is 56.7 Å². The third kappa shape index (κ3) is 4.88. The molecule has 8 heteroatoms. The van der Waals surface area contributed by atoms with Crippen molar-refractivity contribution in [3.8, 4) is 11.5 Å². The summed E-state index contributed by atoms with van der Waals surface area (Å²) in [6.45, 7) is 7.51. The highest BCUT2D eigenvalue weighted by Crippen LogP contribution is 2.27. The average molecular weight is 476 g/mol. The predicted molar refractivity (Wildman–Crippen MR) is 137 cm³/mol. The van der Waals surface area contributed by atoms with Crippen LogP contribution in [0.15, 0.2) is 59.3 Å². The van der Waals surface area contributed by atoms with E-state index in [0.717, 1.165) is 24.0 Å². The lowest BCUT2D eigenvalue weighted by molar-refractivity contribution is 0.102. The SMILES string of the molecule is CC(C)n1ncc2c(C(=O)Nc3ccc(CCN4CCSCC4)cc3)cc(-c3ccco3)nc21. The van der Waals surface area contributed by atoms with Gasteiger partial charge in [-0.05, 0) is 56.2 Å². The van der Waals surface area contributed by atoms with Crippen molar-refractivity contribution in [3.05, 3.63) is 66.1 Å². The Morgan fingerprint density at radius 2 is 1.97 bits per heavy atom. The van der Waals surface area contributed by atoms with Gasteiger partial charge in [0.15, 0.2) is 11.4 Å². The second-order valence-electron chi connectivity index (χ2n) is 8.81. The van der Waals surface area contributed by atoms with Crippen LogP contribution in [0, 0.1) is 0 Å². The van der Waals surface area contributed by atoms with E-state index in [9.17, 15) is 4.79 Å². The van der Waals surface area contributed by atoms with Crippen molar-refractivity contribution in [2.24, 2.45) is 0 Å². The molecule has 1 N–H and O–H groups in total. The summed E-state index contributed by atoms with van der Waals surface area (Å²) in [6.07, 6.45) is 4.34. The number of fused-ring (bicyclic) bond motifs is 1. The number of carbonyl (C=O) groups is 1. The van der Waals surface area contributed by atoms with Crippen molar-refractivity contribution >= 4 is 34.4 Å². The molecule has 1 aliphatic heterocycles. The fourth-order valence-electron chi connectivity index (χ4n) is 4.20. The van der Waals surface area contributed by atoms with E-state index in [-0.39, 0.29) is 11.9 Å². The van der Waals surface area contributed by atoms with Gasteiger partial charge in [-0.2, -0.15) is 16.9 Å². The van der Waals surface area contributed by atoms with Crippen molar-refractivity contribution in [1.82, 2.24) is 19.7 Å². The number of anilines is 1. The Kier molecular flexibility index (Phi) is 6.69. The topological polar surface area (TPSA) is 76.2 Å². The van der Waals surface area contributed by atoms with Crippen LogP contribution < -0.4 is 5.32 Å². The van der Waals surface area contributed by atoms with Gasteiger partial charge in [0.2, 0.25) is 0 Å². The zero-order valence-corrected chi connectivity index (χ0v) is 20.3. The summed E-state index contributed by atoms with van der Waals surface area (Å²) in [5.41, 5.74) is 3.84. The summed E-state index contributed by atoms with van der Waals surface area (Å²) in [7, 11) is 0. The molecule has 1 fully saturated rings. The number of nitrogens with zero attached hydrogens (tertiary/aromatic N) is 4. The molecule has 1 amide bonds. The van der Waals surface area contributed by atoms with E-state index in [1.807, 2.05) is 54.6 Å². The zero-order chi connectivity index (χ0) is 23.5. The van der Waals surface area contributed by atoms with Crippen molar-refractivity contribution < 1.29 is 9.21 Å². The minimum absolute atomic E-state index is 0.115. The Bertz CT molecular complexity index is 1260. The van der Waals surface area contributed by atoms with Gasteiger partial charge in [-0.1, -0.05) is 12.1 Å². The molecule has 1 aromatic carbocycles. The number of rotatable bonds is 7. The van der Waals surface area contributed by atoms with E-state index < -0.39 is 0 Å². The second-order valence-corrected chi connectivity index (χ2v) is 10.0. The molecule has 176 valence electrons. The molecule has 3 aromatic heterocycles. The summed E-state index contributed by atoms with van der Waals surface area (Å²) in [6, 6.07) is 13.7. The van der Waals surface area contributed by atoms with E-state index in [2.05, 4.69) is 27.4 Å². The summed E-state index contributed by atoms with van der Waals surface area (Å²) < 4.78 is 7.38. The molecule has 7 nitrogen and oxygen atoms in total. The smallest absolute Gasteiger partial charge is 0.256 e. The van der Waals surface area contributed by atoms with Crippen LogP contribution in [0.5, 0.6) is 0 Å². The van der Waals surface area contributed by atoms with E-state index in [1.165, 1.54) is 30.2 Å². The first kappa shape index (κ1) is 22.7. The van der Waals surface area contributed by atoms with Gasteiger partial charge in [0.25, 0.3) is 5.91 Å². The standard InChI is InChI=1S/C26H29N5O2S/c1-18(2)31-25-22(17-27-31)21(16-23(29-25)24-4-3-13-33-24)26(32)28-20-7-5-19(6-8-20)9-10-30-11-14-34-15-12-30/h3-8,13,16-18H,9-12,14-15H2,1-2H3,(H,28,32). The molecule has 0 radical (unpaired) electrons. The maximum absolute atomic E-state index is 13.3. The number of nitrogens with one attached hydrogen (secondary N) is 1. The van der Waals surface area contributed by atoms with Crippen LogP contribution >= 0.6 is 11.8 Å². The Labute approximate surface area is 203 Å². The lowest BCUT2D eigenvalue weighted by Gasteiger charge is -2.26. The van der Waals surface area contributed by atoms with Gasteiger partial charge in [0.05, 0.1) is 23.4 Å². The van der Waals surface area contributed by atoms with Crippen LogP contribution in [0.1, 0.15) is 35.8 Å². The maximum Gasteiger partial charge on any atom is 0.256 e. The van der Waals surface area contributed by atoms with Gasteiger partial charge in [-0.3, -0.25) is 4.79 Å². The quantitative estimate of drug-likeness (QED) is 0.400. The van der Waals surface area contributed by atoms with Gasteiger partial charge in [0, 0.05) is 42.9 Å². The number of benzene rings is 1. The highest BCUT2D eigenvalue weighted by molar-refractivity contribution is 7.99. The number of amides is 1. The Hall–Kier alpha value is -3.10. The van der Waals surface area contributed by atoms with Crippen molar-refractivity contribution in [3.63, 3.8) is 0 Å². The summed E-state index contributed by atoms with van der Waals surface area (Å²) in [5, 5.41) is 8.24. The lowest BCUT2D eigenvalue weighted by atomic mass is 10.1. The number of hydrogen-bond acceptors (Lipinski definition) is 6. The summed E-state index contributed by atoms with van der Waals surface area (Å²) >= 11 is 2.03. The van der Waals surface area contributed by atoms with E-state index in [4.69, 9.17) is 9.40 Å². The van der Waals surface area contributed by atoms with Crippen LogP contribution in [0.25, 0.3) is 22.5 Å². The van der Waals surface area contributed by atoms with Gasteiger partial charge in [-0.25, -0.2) is 9.67 Å². The number of thioether (sulfide) groups is 1. The van der Waals surface area contributed by atoms with E-state index in [0.29, 0.717) is 22.7 Å². The van der Waals surface area contributed by atoms with Crippen LogP contribution in [0.3, 0.4) is 0 Å². The number of furan rings is 1. The molecule has 1 saturated heterocycles. The van der Waals surface area contributed by atoms with E-state index in [1.54, 1.807) is 18.5 Å². The lowest BCUT2D eigenvalue weighted by Crippen LogP contribution is -2.34. The number of aromatic nitrogens is 3. The predicted octanol–water partition coefficient (Wildman–Crippen LogP) is 5.12. The van der Waals surface area contributed by atoms with Gasteiger partial charge < -0.3 is 14.6 Å². The third-order valence-electron chi connectivity index (χ3n) is 6.11. The molecule has 34 heavy (non-hydrogen) atoms. The average Bonchev–Trinajstić information content (AvgIpc) is 3.54. The molecule has 0 atom stereocenters. The normalized spacial score (nSPS) is 14.7. The monoisotopic (exact) mass is 475 g/mol. The first-order valence-electron chi connectivity index (χ1n) is 11.7. The van der Waals surface area contributed by atoms with Crippen molar-refractivity contribution in [1.29, 1.82) is 0 Å². The fourth-order valence-corrected chi connectivity index (χ4v) is 5.18.